The van der Waals surface area contributed by atoms with Gasteiger partial charge in [-0.05, 0) is 26.0 Å². The first kappa shape index (κ1) is 9.99. The molecule has 13 heavy (non-hydrogen) atoms. The first-order chi connectivity index (χ1) is 6.09. The van der Waals surface area contributed by atoms with E-state index in [9.17, 15) is 4.39 Å². The molecule has 2 atom stereocenters. The Morgan fingerprint density at radius 2 is 2.08 bits per heavy atom. The summed E-state index contributed by atoms with van der Waals surface area (Å²) >= 11 is 0. The smallest absolute Gasteiger partial charge is 0.126 e. The molecule has 72 valence electrons. The van der Waals surface area contributed by atoms with Gasteiger partial charge in [0.25, 0.3) is 0 Å². The Bertz CT molecular complexity index is 273. The lowest BCUT2D eigenvalue weighted by Gasteiger charge is -2.16. The van der Waals surface area contributed by atoms with Crippen LogP contribution in [0.4, 0.5) is 4.39 Å². The van der Waals surface area contributed by atoms with Crippen molar-refractivity contribution in [1.82, 2.24) is 0 Å². The van der Waals surface area contributed by atoms with Gasteiger partial charge in [0.05, 0.1) is 6.10 Å². The summed E-state index contributed by atoms with van der Waals surface area (Å²) in [4.78, 5) is 0. The molecule has 1 N–H and O–H groups in total. The van der Waals surface area contributed by atoms with Gasteiger partial charge < -0.3 is 9.84 Å². The highest BCUT2D eigenvalue weighted by Gasteiger charge is 2.09. The van der Waals surface area contributed by atoms with Crippen LogP contribution in [0.3, 0.4) is 0 Å². The zero-order valence-electron chi connectivity index (χ0n) is 7.70. The molecule has 3 heteroatoms. The average Bonchev–Trinajstić information content (AvgIpc) is 2.04. The number of rotatable bonds is 3. The molecule has 0 aliphatic heterocycles. The quantitative estimate of drug-likeness (QED) is 0.778. The third-order valence-electron chi connectivity index (χ3n) is 1.80. The molecule has 1 aromatic carbocycles. The second-order valence-electron chi connectivity index (χ2n) is 3.02. The van der Waals surface area contributed by atoms with Crippen LogP contribution in [-0.2, 0) is 0 Å². The Kier molecular flexibility index (Phi) is 3.25. The fraction of sp³-hybridized carbons (Fsp3) is 0.400. The van der Waals surface area contributed by atoms with Crippen molar-refractivity contribution in [3.63, 3.8) is 0 Å². The summed E-state index contributed by atoms with van der Waals surface area (Å²) in [5, 5.41) is 9.13. The SMILES string of the molecule is CC(O)C(C)Oc1cccc(F)c1. The third kappa shape index (κ3) is 3.03. The monoisotopic (exact) mass is 184 g/mol. The lowest BCUT2D eigenvalue weighted by molar-refractivity contribution is 0.0602. The van der Waals surface area contributed by atoms with E-state index in [0.29, 0.717) is 5.75 Å². The second kappa shape index (κ2) is 4.23. The molecule has 0 fully saturated rings. The van der Waals surface area contributed by atoms with Crippen molar-refractivity contribution in [3.05, 3.63) is 30.1 Å². The summed E-state index contributed by atoms with van der Waals surface area (Å²) < 4.78 is 17.9. The lowest BCUT2D eigenvalue weighted by atomic mass is 10.2. The third-order valence-corrected chi connectivity index (χ3v) is 1.80. The number of benzene rings is 1. The van der Waals surface area contributed by atoms with Crippen molar-refractivity contribution in [1.29, 1.82) is 0 Å². The fourth-order valence-corrected chi connectivity index (χ4v) is 0.853. The lowest BCUT2D eigenvalue weighted by Crippen LogP contribution is -2.25. The molecule has 0 bridgehead atoms. The molecule has 0 aromatic heterocycles. The van der Waals surface area contributed by atoms with E-state index in [0.717, 1.165) is 0 Å². The Hall–Kier alpha value is -1.09. The van der Waals surface area contributed by atoms with Crippen molar-refractivity contribution in [2.75, 3.05) is 0 Å². The van der Waals surface area contributed by atoms with Crippen LogP contribution >= 0.6 is 0 Å². The van der Waals surface area contributed by atoms with Crippen molar-refractivity contribution in [2.24, 2.45) is 0 Å². The maximum Gasteiger partial charge on any atom is 0.126 e. The molecule has 0 spiro atoms. The minimum absolute atomic E-state index is 0.332. The van der Waals surface area contributed by atoms with Gasteiger partial charge >= 0.3 is 0 Å². The first-order valence-corrected chi connectivity index (χ1v) is 4.20. The highest BCUT2D eigenvalue weighted by atomic mass is 19.1. The molecule has 0 radical (unpaired) electrons. The largest absolute Gasteiger partial charge is 0.488 e. The minimum atomic E-state index is -0.566. The van der Waals surface area contributed by atoms with Crippen molar-refractivity contribution < 1.29 is 14.2 Å². The van der Waals surface area contributed by atoms with Gasteiger partial charge in [-0.2, -0.15) is 0 Å². The van der Waals surface area contributed by atoms with E-state index < -0.39 is 6.10 Å². The van der Waals surface area contributed by atoms with Crippen molar-refractivity contribution >= 4 is 0 Å². The van der Waals surface area contributed by atoms with E-state index in [1.54, 1.807) is 26.0 Å². The molecule has 2 unspecified atom stereocenters. The number of aliphatic hydroxyl groups excluding tert-OH is 1. The van der Waals surface area contributed by atoms with Crippen LogP contribution in [0.1, 0.15) is 13.8 Å². The van der Waals surface area contributed by atoms with Crippen LogP contribution in [0.25, 0.3) is 0 Å². The predicted octanol–water partition coefficient (Wildman–Crippen LogP) is 1.97. The van der Waals surface area contributed by atoms with Gasteiger partial charge in [-0.3, -0.25) is 0 Å². The first-order valence-electron chi connectivity index (χ1n) is 4.20. The van der Waals surface area contributed by atoms with E-state index in [2.05, 4.69) is 0 Å². The van der Waals surface area contributed by atoms with Gasteiger partial charge in [-0.25, -0.2) is 4.39 Å². The topological polar surface area (TPSA) is 29.5 Å². The van der Waals surface area contributed by atoms with E-state index in [-0.39, 0.29) is 11.9 Å². The van der Waals surface area contributed by atoms with Crippen LogP contribution in [0, 0.1) is 5.82 Å². The summed E-state index contributed by atoms with van der Waals surface area (Å²) in [7, 11) is 0. The summed E-state index contributed by atoms with van der Waals surface area (Å²) in [6.07, 6.45) is -0.898. The molecule has 0 saturated heterocycles. The Labute approximate surface area is 77.0 Å². The molecule has 2 nitrogen and oxygen atoms in total. The van der Waals surface area contributed by atoms with Crippen molar-refractivity contribution in [3.8, 4) is 5.75 Å². The van der Waals surface area contributed by atoms with E-state index >= 15 is 0 Å². The number of hydrogen-bond donors (Lipinski definition) is 1. The number of hydrogen-bond acceptors (Lipinski definition) is 2. The summed E-state index contributed by atoms with van der Waals surface area (Å²) in [6, 6.07) is 5.86. The van der Waals surface area contributed by atoms with E-state index in [4.69, 9.17) is 9.84 Å². The Balaban J connectivity index is 2.64. The van der Waals surface area contributed by atoms with Gasteiger partial charge in [0.15, 0.2) is 0 Å². The molecule has 0 heterocycles. The molecule has 0 saturated carbocycles. The predicted molar refractivity (Wildman–Crippen MR) is 48.2 cm³/mol. The molecular formula is C10H13FO2. The van der Waals surface area contributed by atoms with Gasteiger partial charge in [-0.1, -0.05) is 6.07 Å². The van der Waals surface area contributed by atoms with Crippen LogP contribution in [-0.4, -0.2) is 17.3 Å². The molecule has 0 aliphatic carbocycles. The maximum atomic E-state index is 12.7. The van der Waals surface area contributed by atoms with Crippen LogP contribution < -0.4 is 4.74 Å². The zero-order chi connectivity index (χ0) is 9.84. The Morgan fingerprint density at radius 1 is 1.38 bits per heavy atom. The molecule has 0 aliphatic rings. The fourth-order valence-electron chi connectivity index (χ4n) is 0.853. The standard InChI is InChI=1S/C10H13FO2/c1-7(12)8(2)13-10-5-3-4-9(11)6-10/h3-8,12H,1-2H3. The highest BCUT2D eigenvalue weighted by molar-refractivity contribution is 5.22. The maximum absolute atomic E-state index is 12.7. The zero-order valence-corrected chi connectivity index (χ0v) is 7.70. The summed E-state index contributed by atoms with van der Waals surface area (Å²) in [5.41, 5.74) is 0. The van der Waals surface area contributed by atoms with Crippen molar-refractivity contribution in [2.45, 2.75) is 26.1 Å². The average molecular weight is 184 g/mol. The van der Waals surface area contributed by atoms with Gasteiger partial charge in [0.1, 0.15) is 17.7 Å². The van der Waals surface area contributed by atoms with Crippen LogP contribution in [0.15, 0.2) is 24.3 Å². The highest BCUT2D eigenvalue weighted by Crippen LogP contribution is 2.14. The van der Waals surface area contributed by atoms with Gasteiger partial charge in [0, 0.05) is 6.07 Å². The summed E-state index contributed by atoms with van der Waals surface area (Å²) in [5.74, 6) is 0.101. The summed E-state index contributed by atoms with van der Waals surface area (Å²) in [6.45, 7) is 3.36. The van der Waals surface area contributed by atoms with Gasteiger partial charge in [-0.15, -0.1) is 0 Å². The normalized spacial score (nSPS) is 15.1. The van der Waals surface area contributed by atoms with Gasteiger partial charge in [0.2, 0.25) is 0 Å². The van der Waals surface area contributed by atoms with E-state index in [1.807, 2.05) is 0 Å². The Morgan fingerprint density at radius 3 is 2.62 bits per heavy atom. The molecule has 0 amide bonds. The second-order valence-corrected chi connectivity index (χ2v) is 3.02. The van der Waals surface area contributed by atoms with Crippen LogP contribution in [0.2, 0.25) is 0 Å². The molecular weight excluding hydrogens is 171 g/mol. The number of aliphatic hydroxyl groups is 1. The van der Waals surface area contributed by atoms with Crippen LogP contribution in [0.5, 0.6) is 5.75 Å². The minimum Gasteiger partial charge on any atom is -0.488 e. The number of halogens is 1. The van der Waals surface area contributed by atoms with E-state index in [1.165, 1.54) is 12.1 Å². The number of ether oxygens (including phenoxy) is 1. The molecule has 1 rings (SSSR count). The molecule has 1 aromatic rings.